The number of β-amino-alcohol motifs (C(OH)–C–C–N with tert-alkyl or cyclic N) is 1. The van der Waals surface area contributed by atoms with Gasteiger partial charge >= 0.3 is 0 Å². The number of halogens is 1. The van der Waals surface area contributed by atoms with Gasteiger partial charge in [-0.05, 0) is 74.6 Å². The number of fused-ring (bicyclic) bond motifs is 1. The number of carbonyl (C=O) groups excluding carboxylic acids is 3. The molecular formula is C28H32ClN5O4. The Morgan fingerprint density at radius 1 is 1.13 bits per heavy atom. The molecule has 3 aromatic rings. The zero-order valence-corrected chi connectivity index (χ0v) is 22.1. The first-order chi connectivity index (χ1) is 18.3. The Balaban J connectivity index is 1.34. The van der Waals surface area contributed by atoms with Gasteiger partial charge in [0.2, 0.25) is 5.91 Å². The van der Waals surface area contributed by atoms with Crippen LogP contribution in [-0.4, -0.2) is 74.9 Å². The maximum atomic E-state index is 13.3. The molecule has 10 heteroatoms. The molecule has 200 valence electrons. The summed E-state index contributed by atoms with van der Waals surface area (Å²) in [5.41, 5.74) is 3.22. The lowest BCUT2D eigenvalue weighted by Crippen LogP contribution is -2.33. The van der Waals surface area contributed by atoms with Crippen molar-refractivity contribution in [2.75, 3.05) is 26.2 Å². The first-order valence-corrected chi connectivity index (χ1v) is 13.5. The first kappa shape index (κ1) is 26.2. The van der Waals surface area contributed by atoms with Gasteiger partial charge in [-0.3, -0.25) is 14.4 Å². The smallest absolute Gasteiger partial charge is 0.254 e. The van der Waals surface area contributed by atoms with E-state index < -0.39 is 12.1 Å². The number of H-pyrrole nitrogens is 1. The molecule has 2 aromatic carbocycles. The van der Waals surface area contributed by atoms with Gasteiger partial charge in [0.15, 0.2) is 0 Å². The van der Waals surface area contributed by atoms with Crippen molar-refractivity contribution < 1.29 is 19.5 Å². The number of rotatable bonds is 7. The van der Waals surface area contributed by atoms with E-state index >= 15 is 0 Å². The highest BCUT2D eigenvalue weighted by atomic mass is 35.5. The topological polar surface area (TPSA) is 119 Å². The molecule has 0 bridgehead atoms. The number of aromatic amines is 1. The maximum Gasteiger partial charge on any atom is 0.254 e. The van der Waals surface area contributed by atoms with Crippen LogP contribution in [-0.2, 0) is 4.79 Å². The number of hydrogen-bond donors (Lipinski definition) is 3. The Labute approximate surface area is 226 Å². The predicted molar refractivity (Wildman–Crippen MR) is 144 cm³/mol. The van der Waals surface area contributed by atoms with Crippen LogP contribution >= 0.6 is 11.6 Å². The molecule has 3 N–H and O–H groups in total. The minimum absolute atomic E-state index is 0.00341. The number of aryl methyl sites for hydroxylation is 1. The molecule has 0 aliphatic carbocycles. The minimum atomic E-state index is -0.559. The molecule has 0 radical (unpaired) electrons. The normalized spacial score (nSPS) is 18.2. The van der Waals surface area contributed by atoms with Gasteiger partial charge < -0.3 is 25.2 Å². The van der Waals surface area contributed by atoms with Crippen LogP contribution in [0.25, 0.3) is 11.0 Å². The number of likely N-dealkylation sites (tertiary alicyclic amines) is 2. The summed E-state index contributed by atoms with van der Waals surface area (Å²) >= 11 is 6.14. The summed E-state index contributed by atoms with van der Waals surface area (Å²) in [6.45, 7) is 4.23. The third kappa shape index (κ3) is 5.68. The van der Waals surface area contributed by atoms with Crippen LogP contribution in [0.5, 0.6) is 0 Å². The Hall–Kier alpha value is -3.43. The van der Waals surface area contributed by atoms with E-state index in [2.05, 4.69) is 15.3 Å². The van der Waals surface area contributed by atoms with Gasteiger partial charge in [-0.2, -0.15) is 0 Å². The molecule has 0 spiro atoms. The number of nitrogens with zero attached hydrogens (tertiary/aromatic N) is 3. The second-order valence-electron chi connectivity index (χ2n) is 10.2. The third-order valence-corrected chi connectivity index (χ3v) is 7.61. The predicted octanol–water partition coefficient (Wildman–Crippen LogP) is 3.61. The average molecular weight is 538 g/mol. The number of aliphatic hydroxyl groups is 1. The van der Waals surface area contributed by atoms with Gasteiger partial charge in [-0.25, -0.2) is 4.98 Å². The van der Waals surface area contributed by atoms with Crippen molar-refractivity contribution in [1.82, 2.24) is 25.1 Å². The van der Waals surface area contributed by atoms with Gasteiger partial charge in [-0.15, -0.1) is 0 Å². The average Bonchev–Trinajstić information content (AvgIpc) is 3.66. The van der Waals surface area contributed by atoms with Crippen molar-refractivity contribution in [2.45, 2.75) is 51.2 Å². The highest BCUT2D eigenvalue weighted by Crippen LogP contribution is 2.24. The van der Waals surface area contributed by atoms with Crippen molar-refractivity contribution in [2.24, 2.45) is 0 Å². The SMILES string of the molecule is Cc1cc(C(=O)NC(CCC(=O)N2CC[C@H](O)C2)c2nc3ccc(Cl)cc3[nH]2)ccc1C(=O)N1CCCC1. The number of imidazole rings is 1. The number of aromatic nitrogens is 2. The van der Waals surface area contributed by atoms with Crippen LogP contribution < -0.4 is 5.32 Å². The van der Waals surface area contributed by atoms with Gasteiger partial charge in [0, 0.05) is 48.7 Å². The molecule has 3 heterocycles. The molecule has 2 saturated heterocycles. The zero-order chi connectivity index (χ0) is 26.8. The van der Waals surface area contributed by atoms with E-state index in [4.69, 9.17) is 11.6 Å². The molecule has 9 nitrogen and oxygen atoms in total. The highest BCUT2D eigenvalue weighted by molar-refractivity contribution is 6.31. The Morgan fingerprint density at radius 2 is 1.92 bits per heavy atom. The lowest BCUT2D eigenvalue weighted by Gasteiger charge is -2.20. The van der Waals surface area contributed by atoms with Crippen LogP contribution in [0.15, 0.2) is 36.4 Å². The van der Waals surface area contributed by atoms with E-state index in [9.17, 15) is 19.5 Å². The van der Waals surface area contributed by atoms with E-state index in [0.717, 1.165) is 37.0 Å². The van der Waals surface area contributed by atoms with E-state index in [1.807, 2.05) is 11.8 Å². The highest BCUT2D eigenvalue weighted by Gasteiger charge is 2.27. The molecule has 5 rings (SSSR count). The van der Waals surface area contributed by atoms with Crippen LogP contribution in [0.1, 0.15) is 70.2 Å². The number of carbonyl (C=O) groups is 3. The fraction of sp³-hybridized carbons (Fsp3) is 0.429. The summed E-state index contributed by atoms with van der Waals surface area (Å²) in [5.74, 6) is 0.139. The van der Waals surface area contributed by atoms with Gasteiger partial charge in [0.1, 0.15) is 5.82 Å². The molecule has 1 aromatic heterocycles. The zero-order valence-electron chi connectivity index (χ0n) is 21.4. The van der Waals surface area contributed by atoms with Crippen LogP contribution in [0.2, 0.25) is 5.02 Å². The molecule has 2 aliphatic heterocycles. The van der Waals surface area contributed by atoms with Crippen molar-refractivity contribution in [3.63, 3.8) is 0 Å². The largest absolute Gasteiger partial charge is 0.391 e. The second kappa shape index (κ2) is 11.1. The van der Waals surface area contributed by atoms with Crippen LogP contribution in [0.4, 0.5) is 0 Å². The lowest BCUT2D eigenvalue weighted by atomic mass is 10.0. The Kier molecular flexibility index (Phi) is 7.67. The van der Waals surface area contributed by atoms with Crippen molar-refractivity contribution in [3.05, 3.63) is 63.9 Å². The quantitative estimate of drug-likeness (QED) is 0.425. The van der Waals surface area contributed by atoms with Crippen molar-refractivity contribution in [1.29, 1.82) is 0 Å². The summed E-state index contributed by atoms with van der Waals surface area (Å²) in [6, 6.07) is 9.86. The number of nitrogens with one attached hydrogen (secondary N) is 2. The molecule has 38 heavy (non-hydrogen) atoms. The standard InChI is InChI=1S/C28H32ClN5O4/c1-17-14-18(4-6-21(17)28(38)33-11-2-3-12-33)27(37)32-23(8-9-25(36)34-13-10-20(35)16-34)26-30-22-7-5-19(29)15-24(22)31-26/h4-7,14-15,20,23,35H,2-3,8-13,16H2,1H3,(H,30,31)(H,32,37)/t20-,23?/m0/s1. The van der Waals surface area contributed by atoms with E-state index in [1.54, 1.807) is 41.3 Å². The molecular weight excluding hydrogens is 506 g/mol. The summed E-state index contributed by atoms with van der Waals surface area (Å²) in [6.07, 6.45) is 2.64. The van der Waals surface area contributed by atoms with E-state index in [0.29, 0.717) is 53.4 Å². The lowest BCUT2D eigenvalue weighted by molar-refractivity contribution is -0.130. The number of hydrogen-bond acceptors (Lipinski definition) is 5. The van der Waals surface area contributed by atoms with Gasteiger partial charge in [0.25, 0.3) is 11.8 Å². The fourth-order valence-corrected chi connectivity index (χ4v) is 5.39. The molecule has 2 atom stereocenters. The Morgan fingerprint density at radius 3 is 2.63 bits per heavy atom. The van der Waals surface area contributed by atoms with Crippen LogP contribution in [0.3, 0.4) is 0 Å². The monoisotopic (exact) mass is 537 g/mol. The molecule has 0 saturated carbocycles. The maximum absolute atomic E-state index is 13.3. The van der Waals surface area contributed by atoms with Gasteiger partial charge in [0.05, 0.1) is 23.2 Å². The second-order valence-corrected chi connectivity index (χ2v) is 10.6. The number of benzene rings is 2. The molecule has 1 unspecified atom stereocenters. The van der Waals surface area contributed by atoms with Gasteiger partial charge in [-0.1, -0.05) is 11.6 Å². The van der Waals surface area contributed by atoms with E-state index in [-0.39, 0.29) is 24.1 Å². The third-order valence-electron chi connectivity index (χ3n) is 7.37. The van der Waals surface area contributed by atoms with Crippen molar-refractivity contribution >= 4 is 40.4 Å². The summed E-state index contributed by atoms with van der Waals surface area (Å²) in [5, 5.41) is 13.4. The minimum Gasteiger partial charge on any atom is -0.391 e. The van der Waals surface area contributed by atoms with Crippen molar-refractivity contribution in [3.8, 4) is 0 Å². The molecule has 2 aliphatic rings. The summed E-state index contributed by atoms with van der Waals surface area (Å²) in [7, 11) is 0. The molecule has 2 fully saturated rings. The Bertz CT molecular complexity index is 1370. The summed E-state index contributed by atoms with van der Waals surface area (Å²) in [4.78, 5) is 50.3. The first-order valence-electron chi connectivity index (χ1n) is 13.1. The fourth-order valence-electron chi connectivity index (χ4n) is 5.22. The van der Waals surface area contributed by atoms with E-state index in [1.165, 1.54) is 0 Å². The molecule has 3 amide bonds. The number of amides is 3. The van der Waals surface area contributed by atoms with Crippen LogP contribution in [0, 0.1) is 6.92 Å². The number of aliphatic hydroxyl groups excluding tert-OH is 1. The summed E-state index contributed by atoms with van der Waals surface area (Å²) < 4.78 is 0.